The van der Waals surface area contributed by atoms with Crippen LogP contribution in [-0.2, 0) is 0 Å². The zero-order chi connectivity index (χ0) is 51.1. The Morgan fingerprint density at radius 1 is 0.118 bits per heavy atom. The van der Waals surface area contributed by atoms with E-state index in [1.165, 1.54) is 211 Å². The van der Waals surface area contributed by atoms with Crippen LogP contribution < -0.4 is 9.80 Å². The van der Waals surface area contributed by atoms with Crippen molar-refractivity contribution in [2.45, 2.75) is 194 Å². The highest BCUT2D eigenvalue weighted by Gasteiger charge is 2.33. The molecule has 0 aliphatic carbocycles. The summed E-state index contributed by atoms with van der Waals surface area (Å²) in [6, 6.07) is 0. The number of hydrogen-bond donors (Lipinski definition) is 0. The molecule has 2 nitrogen and oxygen atoms in total. The minimum absolute atomic E-state index is 1.32. The van der Waals surface area contributed by atoms with Crippen LogP contribution in [0.15, 0.2) is 0 Å². The molecule has 0 N–H and O–H groups in total. The van der Waals surface area contributed by atoms with Gasteiger partial charge in [0.15, 0.2) is 0 Å². The number of aryl methyl sites for hydroxylation is 6. The standard InChI is InChI=1S/C66H84N2/c1-29-33(5)45(17)61(46(18)34(29)6)67(62-47(19)35(7)30(2)36(8)48(62)20)65-53(25)43(15)59-57(55(65)27)41(13)42(14)58-56(28)66(54(26)44(16)60(58)59)68(63-49(21)37(9)31(3)38(10)50(63)22)64-51(23)39(11)32(4)40(12)52(64)24/h1-28H3. The van der Waals surface area contributed by atoms with E-state index in [1.54, 1.807) is 0 Å². The van der Waals surface area contributed by atoms with E-state index >= 15 is 0 Å². The molecule has 0 fully saturated rings. The Morgan fingerprint density at radius 2 is 0.235 bits per heavy atom. The number of benzene rings is 7. The lowest BCUT2D eigenvalue weighted by Gasteiger charge is -2.38. The van der Waals surface area contributed by atoms with E-state index in [1.807, 2.05) is 0 Å². The number of nitrogens with zero attached hydrogens (tertiary/aromatic N) is 2. The zero-order valence-corrected chi connectivity index (χ0v) is 47.9. The Hall–Kier alpha value is -5.34. The van der Waals surface area contributed by atoms with Gasteiger partial charge in [-0.05, 0) is 371 Å². The molecule has 0 bridgehead atoms. The Balaban J connectivity index is 1.72. The highest BCUT2D eigenvalue weighted by Crippen LogP contribution is 2.55. The van der Waals surface area contributed by atoms with E-state index in [9.17, 15) is 0 Å². The Labute approximate surface area is 413 Å². The first-order valence-electron chi connectivity index (χ1n) is 25.3. The molecule has 7 aromatic carbocycles. The van der Waals surface area contributed by atoms with E-state index < -0.39 is 0 Å². The summed E-state index contributed by atoms with van der Waals surface area (Å²) in [7, 11) is 0. The predicted molar refractivity (Wildman–Crippen MR) is 303 cm³/mol. The lowest BCUT2D eigenvalue weighted by molar-refractivity contribution is 1.08. The highest BCUT2D eigenvalue weighted by molar-refractivity contribution is 6.19. The molecule has 0 saturated carbocycles. The zero-order valence-electron chi connectivity index (χ0n) is 47.9. The first kappa shape index (κ1) is 50.5. The summed E-state index contributed by atoms with van der Waals surface area (Å²) in [5.41, 5.74) is 46.3. The first-order chi connectivity index (χ1) is 31.5. The van der Waals surface area contributed by atoms with Crippen molar-refractivity contribution in [3.05, 3.63) is 156 Å². The summed E-state index contributed by atoms with van der Waals surface area (Å²) >= 11 is 0. The van der Waals surface area contributed by atoms with Crippen LogP contribution in [0.4, 0.5) is 34.1 Å². The maximum absolute atomic E-state index is 2.72. The fraction of sp³-hybridized carbons (Fsp3) is 0.424. The van der Waals surface area contributed by atoms with Crippen LogP contribution in [0.3, 0.4) is 0 Å². The van der Waals surface area contributed by atoms with Gasteiger partial charge in [-0.25, -0.2) is 0 Å². The minimum atomic E-state index is 1.32. The topological polar surface area (TPSA) is 6.48 Å². The van der Waals surface area contributed by atoms with Gasteiger partial charge in [-0.15, -0.1) is 0 Å². The fourth-order valence-electron chi connectivity index (χ4n) is 12.8. The second-order valence-corrected chi connectivity index (χ2v) is 21.8. The summed E-state index contributed by atoms with van der Waals surface area (Å²) < 4.78 is 0. The lowest BCUT2D eigenvalue weighted by Crippen LogP contribution is -2.21. The molecule has 0 aliphatic rings. The van der Waals surface area contributed by atoms with Crippen molar-refractivity contribution in [1.29, 1.82) is 0 Å². The summed E-state index contributed by atoms with van der Waals surface area (Å²) in [6.45, 7) is 66.0. The molecule has 0 amide bonds. The molecule has 0 saturated heterocycles. The van der Waals surface area contributed by atoms with Crippen LogP contribution >= 0.6 is 0 Å². The van der Waals surface area contributed by atoms with E-state index in [0.29, 0.717) is 0 Å². The third kappa shape index (κ3) is 6.76. The van der Waals surface area contributed by atoms with Crippen molar-refractivity contribution >= 4 is 55.7 Å². The maximum Gasteiger partial charge on any atom is 0.0529 e. The second-order valence-electron chi connectivity index (χ2n) is 21.8. The van der Waals surface area contributed by atoms with Crippen LogP contribution in [-0.4, -0.2) is 0 Å². The number of fused-ring (bicyclic) bond motifs is 3. The maximum atomic E-state index is 2.72. The Bertz CT molecular complexity index is 2920. The molecule has 0 aromatic heterocycles. The van der Waals surface area contributed by atoms with Gasteiger partial charge in [0.05, 0.1) is 34.1 Å². The van der Waals surface area contributed by atoms with Gasteiger partial charge in [0.25, 0.3) is 0 Å². The van der Waals surface area contributed by atoms with Gasteiger partial charge in [0.2, 0.25) is 0 Å². The molecular formula is C66H84N2. The lowest BCUT2D eigenvalue weighted by atomic mass is 9.80. The molecule has 68 heavy (non-hydrogen) atoms. The van der Waals surface area contributed by atoms with Crippen molar-refractivity contribution in [2.75, 3.05) is 9.80 Å². The summed E-state index contributed by atoms with van der Waals surface area (Å²) in [4.78, 5) is 5.45. The van der Waals surface area contributed by atoms with Gasteiger partial charge >= 0.3 is 0 Å². The molecule has 0 unspecified atom stereocenters. The molecule has 0 aliphatic heterocycles. The van der Waals surface area contributed by atoms with Gasteiger partial charge in [0, 0.05) is 0 Å². The van der Waals surface area contributed by atoms with Crippen molar-refractivity contribution < 1.29 is 0 Å². The van der Waals surface area contributed by atoms with Crippen molar-refractivity contribution in [2.24, 2.45) is 0 Å². The van der Waals surface area contributed by atoms with Crippen LogP contribution in [0.25, 0.3) is 21.5 Å². The quantitative estimate of drug-likeness (QED) is 0.153. The molecule has 7 rings (SSSR count). The molecule has 0 atom stereocenters. The number of anilines is 6. The molecule has 0 heterocycles. The first-order valence-corrected chi connectivity index (χ1v) is 25.3. The third-order valence-corrected chi connectivity index (χ3v) is 19.3. The third-order valence-electron chi connectivity index (χ3n) is 19.3. The SMILES string of the molecule is Cc1c(C)c(C)c(N(c2c(C)c(C)c(C)c(C)c2C)c2c(C)c(C)c3c(c2C)c(C)c(C)c2c(C)c(N(c4c(C)c(C)c(C)c(C)c4C)c4c(C)c(C)c(C)c(C)c4C)c(C)c(C)c23)c(C)c1C. The van der Waals surface area contributed by atoms with Gasteiger partial charge < -0.3 is 9.80 Å². The molecule has 0 spiro atoms. The normalized spacial score (nSPS) is 11.8. The number of hydrogen-bond acceptors (Lipinski definition) is 2. The molecular weight excluding hydrogens is 821 g/mol. The molecule has 358 valence electrons. The van der Waals surface area contributed by atoms with E-state index in [0.717, 1.165) is 0 Å². The number of rotatable bonds is 6. The van der Waals surface area contributed by atoms with Gasteiger partial charge in [-0.2, -0.15) is 0 Å². The van der Waals surface area contributed by atoms with E-state index in [4.69, 9.17) is 0 Å². The Morgan fingerprint density at radius 3 is 0.412 bits per heavy atom. The average Bonchev–Trinajstić information content (AvgIpc) is 3.30. The van der Waals surface area contributed by atoms with Crippen LogP contribution in [0, 0.1) is 194 Å². The van der Waals surface area contributed by atoms with E-state index in [2.05, 4.69) is 204 Å². The van der Waals surface area contributed by atoms with Crippen molar-refractivity contribution in [3.8, 4) is 0 Å². The predicted octanol–water partition coefficient (Wildman–Crippen LogP) is 19.6. The smallest absolute Gasteiger partial charge is 0.0529 e. The van der Waals surface area contributed by atoms with Gasteiger partial charge in [-0.1, -0.05) is 0 Å². The molecule has 2 heteroatoms. The van der Waals surface area contributed by atoms with Crippen LogP contribution in [0.5, 0.6) is 0 Å². The molecule has 0 radical (unpaired) electrons. The summed E-state index contributed by atoms with van der Waals surface area (Å²) in [5, 5.41) is 5.59. The summed E-state index contributed by atoms with van der Waals surface area (Å²) in [5.74, 6) is 0. The Kier molecular flexibility index (Phi) is 12.8. The van der Waals surface area contributed by atoms with E-state index in [-0.39, 0.29) is 0 Å². The van der Waals surface area contributed by atoms with Gasteiger partial charge in [-0.3, -0.25) is 0 Å². The minimum Gasteiger partial charge on any atom is -0.309 e. The van der Waals surface area contributed by atoms with Crippen LogP contribution in [0.1, 0.15) is 156 Å². The highest BCUT2D eigenvalue weighted by atomic mass is 15.2. The monoisotopic (exact) mass is 905 g/mol. The van der Waals surface area contributed by atoms with Crippen molar-refractivity contribution in [3.63, 3.8) is 0 Å². The second kappa shape index (κ2) is 17.3. The fourth-order valence-corrected chi connectivity index (χ4v) is 12.8. The molecule has 7 aromatic rings. The summed E-state index contributed by atoms with van der Waals surface area (Å²) in [6.07, 6.45) is 0. The van der Waals surface area contributed by atoms with Crippen LogP contribution in [0.2, 0.25) is 0 Å². The largest absolute Gasteiger partial charge is 0.309 e. The van der Waals surface area contributed by atoms with Crippen molar-refractivity contribution in [1.82, 2.24) is 0 Å². The average molecular weight is 905 g/mol. The van der Waals surface area contributed by atoms with Gasteiger partial charge in [0.1, 0.15) is 0 Å².